The largest absolute Gasteiger partial charge is 0.477 e. The van der Waals surface area contributed by atoms with Gasteiger partial charge in [-0.3, -0.25) is 9.59 Å². The number of carbonyl (C=O) groups is 2. The van der Waals surface area contributed by atoms with Crippen LogP contribution in [0.3, 0.4) is 0 Å². The van der Waals surface area contributed by atoms with Gasteiger partial charge in [0.2, 0.25) is 5.91 Å². The Kier molecular flexibility index (Phi) is 6.69. The number of anilines is 2. The second-order valence-electron chi connectivity index (χ2n) is 7.03. The lowest BCUT2D eigenvalue weighted by Crippen LogP contribution is -2.52. The predicted octanol–water partition coefficient (Wildman–Crippen LogP) is 3.34. The monoisotopic (exact) mass is 399 g/mol. The Morgan fingerprint density at radius 1 is 1.14 bits per heavy atom. The molecule has 2 amide bonds. The summed E-state index contributed by atoms with van der Waals surface area (Å²) >= 11 is 0. The van der Waals surface area contributed by atoms with E-state index in [1.54, 1.807) is 6.07 Å². The molecule has 0 saturated carbocycles. The maximum absolute atomic E-state index is 13.0. The summed E-state index contributed by atoms with van der Waals surface area (Å²) in [4.78, 5) is 27.1. The maximum Gasteiger partial charge on any atom is 0.263 e. The zero-order valence-electron chi connectivity index (χ0n) is 16.7. The van der Waals surface area contributed by atoms with E-state index in [-0.39, 0.29) is 36.8 Å². The van der Waals surface area contributed by atoms with Gasteiger partial charge in [0.15, 0.2) is 6.10 Å². The van der Waals surface area contributed by atoms with Crippen LogP contribution in [0.25, 0.3) is 0 Å². The van der Waals surface area contributed by atoms with Crippen LogP contribution in [0.1, 0.15) is 26.7 Å². The van der Waals surface area contributed by atoms with Crippen molar-refractivity contribution < 1.29 is 18.7 Å². The molecule has 1 unspecified atom stereocenters. The number of benzene rings is 2. The average molecular weight is 399 g/mol. The molecule has 1 aliphatic rings. The molecule has 7 heteroatoms. The molecule has 1 aliphatic heterocycles. The van der Waals surface area contributed by atoms with Crippen molar-refractivity contribution in [2.45, 2.75) is 38.8 Å². The van der Waals surface area contributed by atoms with Crippen LogP contribution < -0.4 is 20.3 Å². The van der Waals surface area contributed by atoms with Gasteiger partial charge < -0.3 is 20.3 Å². The van der Waals surface area contributed by atoms with Gasteiger partial charge >= 0.3 is 0 Å². The molecule has 2 aromatic rings. The first-order chi connectivity index (χ1) is 14.0. The first kappa shape index (κ1) is 20.6. The number of nitrogens with one attached hydrogen (secondary N) is 2. The highest BCUT2D eigenvalue weighted by Crippen LogP contribution is 2.33. The zero-order chi connectivity index (χ0) is 20.8. The van der Waals surface area contributed by atoms with Crippen molar-refractivity contribution in [3.8, 4) is 5.75 Å². The summed E-state index contributed by atoms with van der Waals surface area (Å²) in [6, 6.07) is 13.0. The summed E-state index contributed by atoms with van der Waals surface area (Å²) in [6.45, 7) is 4.36. The third-order valence-electron chi connectivity index (χ3n) is 4.95. The number of rotatable bonds is 7. The minimum absolute atomic E-state index is 0.0481. The summed E-state index contributed by atoms with van der Waals surface area (Å²) in [5.41, 5.74) is 1.27. The number of nitrogens with zero attached hydrogens (tertiary/aromatic N) is 1. The van der Waals surface area contributed by atoms with Crippen LogP contribution in [-0.4, -0.2) is 37.0 Å². The fourth-order valence-corrected chi connectivity index (χ4v) is 3.29. The summed E-state index contributed by atoms with van der Waals surface area (Å²) in [6.07, 6.45) is 0.981. The summed E-state index contributed by atoms with van der Waals surface area (Å²) in [5.74, 6) is -0.237. The van der Waals surface area contributed by atoms with Gasteiger partial charge in [-0.25, -0.2) is 4.39 Å². The SMILES string of the molecule is CCC(CC)NC(=O)C1CN(CC(=O)Nc2ccc(F)cc2)c2ccccc2O1. The lowest BCUT2D eigenvalue weighted by Gasteiger charge is -2.35. The van der Waals surface area contributed by atoms with E-state index in [1.807, 2.05) is 36.9 Å². The van der Waals surface area contributed by atoms with E-state index in [1.165, 1.54) is 24.3 Å². The molecule has 0 spiro atoms. The van der Waals surface area contributed by atoms with Crippen LogP contribution in [0.2, 0.25) is 0 Å². The number of carbonyl (C=O) groups excluding carboxylic acids is 2. The van der Waals surface area contributed by atoms with Crippen molar-refractivity contribution in [3.05, 3.63) is 54.3 Å². The molecular formula is C22H26FN3O3. The summed E-state index contributed by atoms with van der Waals surface area (Å²) < 4.78 is 18.9. The molecule has 6 nitrogen and oxygen atoms in total. The number of fused-ring (bicyclic) bond motifs is 1. The van der Waals surface area contributed by atoms with E-state index in [2.05, 4.69) is 10.6 Å². The highest BCUT2D eigenvalue weighted by molar-refractivity contribution is 5.95. The van der Waals surface area contributed by atoms with Crippen molar-refractivity contribution in [1.82, 2.24) is 5.32 Å². The average Bonchev–Trinajstić information content (AvgIpc) is 2.73. The van der Waals surface area contributed by atoms with Gasteiger partial charge in [0.05, 0.1) is 18.8 Å². The van der Waals surface area contributed by atoms with Crippen molar-refractivity contribution >= 4 is 23.2 Å². The van der Waals surface area contributed by atoms with Crippen LogP contribution in [0, 0.1) is 5.82 Å². The van der Waals surface area contributed by atoms with Crippen LogP contribution in [-0.2, 0) is 9.59 Å². The van der Waals surface area contributed by atoms with E-state index in [0.29, 0.717) is 11.4 Å². The smallest absolute Gasteiger partial charge is 0.263 e. The molecule has 1 atom stereocenters. The lowest BCUT2D eigenvalue weighted by molar-refractivity contribution is -0.129. The van der Waals surface area contributed by atoms with E-state index in [4.69, 9.17) is 4.74 Å². The van der Waals surface area contributed by atoms with Crippen LogP contribution >= 0.6 is 0 Å². The van der Waals surface area contributed by atoms with Gasteiger partial charge in [-0.05, 0) is 49.2 Å². The third kappa shape index (κ3) is 5.25. The first-order valence-corrected chi connectivity index (χ1v) is 9.86. The Morgan fingerprint density at radius 2 is 1.83 bits per heavy atom. The van der Waals surface area contributed by atoms with E-state index in [0.717, 1.165) is 18.5 Å². The lowest BCUT2D eigenvalue weighted by atomic mass is 10.1. The number of hydrogen-bond acceptors (Lipinski definition) is 4. The molecule has 29 heavy (non-hydrogen) atoms. The summed E-state index contributed by atoms with van der Waals surface area (Å²) in [5, 5.41) is 5.76. The normalized spacial score (nSPS) is 15.4. The van der Waals surface area contributed by atoms with Crippen molar-refractivity contribution in [3.63, 3.8) is 0 Å². The van der Waals surface area contributed by atoms with Gasteiger partial charge in [0, 0.05) is 11.7 Å². The van der Waals surface area contributed by atoms with Gasteiger partial charge in [-0.2, -0.15) is 0 Å². The number of para-hydroxylation sites is 2. The van der Waals surface area contributed by atoms with Gasteiger partial charge in [0.1, 0.15) is 11.6 Å². The van der Waals surface area contributed by atoms with Crippen LogP contribution in [0.5, 0.6) is 5.75 Å². The van der Waals surface area contributed by atoms with Crippen molar-refractivity contribution in [2.24, 2.45) is 0 Å². The highest BCUT2D eigenvalue weighted by Gasteiger charge is 2.32. The summed E-state index contributed by atoms with van der Waals surface area (Å²) in [7, 11) is 0. The number of ether oxygens (including phenoxy) is 1. The van der Waals surface area contributed by atoms with Crippen LogP contribution in [0.15, 0.2) is 48.5 Å². The topological polar surface area (TPSA) is 70.7 Å². The molecule has 0 aliphatic carbocycles. The van der Waals surface area contributed by atoms with Gasteiger partial charge in [0.25, 0.3) is 5.91 Å². The Labute approximate surface area is 170 Å². The van der Waals surface area contributed by atoms with Gasteiger partial charge in [-0.1, -0.05) is 26.0 Å². The fraction of sp³-hybridized carbons (Fsp3) is 0.364. The number of hydrogen-bond donors (Lipinski definition) is 2. The molecular weight excluding hydrogens is 373 g/mol. The van der Waals surface area contributed by atoms with Gasteiger partial charge in [-0.15, -0.1) is 0 Å². The minimum atomic E-state index is -0.705. The molecule has 0 saturated heterocycles. The Balaban J connectivity index is 1.71. The standard InChI is InChI=1S/C22H26FN3O3/c1-3-16(4-2)25-22(28)20-13-26(18-7-5-6-8-19(18)29-20)14-21(27)24-17-11-9-15(23)10-12-17/h5-12,16,20H,3-4,13-14H2,1-2H3,(H,24,27)(H,25,28). The van der Waals surface area contributed by atoms with E-state index < -0.39 is 6.10 Å². The molecule has 3 rings (SSSR count). The molecule has 2 N–H and O–H groups in total. The van der Waals surface area contributed by atoms with Crippen molar-refractivity contribution in [2.75, 3.05) is 23.3 Å². The predicted molar refractivity (Wildman–Crippen MR) is 111 cm³/mol. The maximum atomic E-state index is 13.0. The zero-order valence-corrected chi connectivity index (χ0v) is 16.7. The second-order valence-corrected chi connectivity index (χ2v) is 7.03. The molecule has 1 heterocycles. The molecule has 154 valence electrons. The fourth-order valence-electron chi connectivity index (χ4n) is 3.29. The Bertz CT molecular complexity index is 853. The number of halogens is 1. The molecule has 0 aromatic heterocycles. The van der Waals surface area contributed by atoms with E-state index >= 15 is 0 Å². The Hall–Kier alpha value is -3.09. The molecule has 2 aromatic carbocycles. The minimum Gasteiger partial charge on any atom is -0.477 e. The second kappa shape index (κ2) is 9.41. The first-order valence-electron chi connectivity index (χ1n) is 9.86. The molecule has 0 bridgehead atoms. The molecule has 0 radical (unpaired) electrons. The van der Waals surface area contributed by atoms with Crippen molar-refractivity contribution in [1.29, 1.82) is 0 Å². The van der Waals surface area contributed by atoms with E-state index in [9.17, 15) is 14.0 Å². The number of amides is 2. The molecule has 0 fully saturated rings. The van der Waals surface area contributed by atoms with Crippen LogP contribution in [0.4, 0.5) is 15.8 Å². The third-order valence-corrected chi connectivity index (χ3v) is 4.95. The highest BCUT2D eigenvalue weighted by atomic mass is 19.1. The Morgan fingerprint density at radius 3 is 2.52 bits per heavy atom. The quantitative estimate of drug-likeness (QED) is 0.749.